The number of carbonyl (C=O) groups excluding carboxylic acids is 6. The van der Waals surface area contributed by atoms with Gasteiger partial charge in [0.15, 0.2) is 23.3 Å². The average molecular weight is 524 g/mol. The fraction of sp³-hybridized carbons (Fsp3) is 0.400. The largest absolute Gasteiger partial charge is 0.449 e. The van der Waals surface area contributed by atoms with Gasteiger partial charge in [-0.25, -0.2) is 36.7 Å². The van der Waals surface area contributed by atoms with Crippen LogP contribution in [-0.4, -0.2) is 72.4 Å². The summed E-state index contributed by atoms with van der Waals surface area (Å²) in [6, 6.07) is 0. The van der Waals surface area contributed by atoms with Gasteiger partial charge in [-0.2, -0.15) is 0 Å². The first-order valence-electron chi connectivity index (χ1n) is 10.1. The van der Waals surface area contributed by atoms with E-state index < -0.39 is 107 Å². The van der Waals surface area contributed by atoms with E-state index in [2.05, 4.69) is 18.9 Å². The van der Waals surface area contributed by atoms with E-state index in [4.69, 9.17) is 0 Å². The minimum atomic E-state index is -2.55. The molecule has 0 unspecified atom stereocenters. The molecule has 0 N–H and O–H groups in total. The van der Waals surface area contributed by atoms with Crippen LogP contribution in [0.4, 0.5) is 36.7 Å². The van der Waals surface area contributed by atoms with Crippen molar-refractivity contribution in [3.63, 3.8) is 0 Å². The molecule has 0 saturated carbocycles. The van der Waals surface area contributed by atoms with E-state index in [0.717, 1.165) is 0 Å². The van der Waals surface area contributed by atoms with Crippen molar-refractivity contribution in [2.45, 2.75) is 27.7 Å². The third kappa shape index (κ3) is 6.05. The van der Waals surface area contributed by atoms with Gasteiger partial charge >= 0.3 is 24.4 Å². The lowest BCUT2D eigenvalue weighted by Gasteiger charge is -2.20. The molecule has 0 aliphatic rings. The van der Waals surface area contributed by atoms with E-state index >= 15 is 0 Å². The first kappa shape index (κ1) is 29.8. The fourth-order valence-corrected chi connectivity index (χ4v) is 2.46. The SMILES string of the molecule is CCOC(=O)N(C(=O)OCC)C(=O)c1c(F)c(F)c(C(=O)N(C(=O)OCC)C(=O)OCC)c(F)c1F. The first-order valence-corrected chi connectivity index (χ1v) is 10.1. The summed E-state index contributed by atoms with van der Waals surface area (Å²) in [5.74, 6) is -14.7. The van der Waals surface area contributed by atoms with Crippen LogP contribution < -0.4 is 0 Å². The van der Waals surface area contributed by atoms with Crippen molar-refractivity contribution >= 4 is 36.2 Å². The molecular weight excluding hydrogens is 504 g/mol. The molecule has 1 aromatic carbocycles. The molecule has 0 aliphatic carbocycles. The Balaban J connectivity index is 3.74. The average Bonchev–Trinajstić information content (AvgIpc) is 2.79. The molecule has 1 rings (SSSR count). The maximum atomic E-state index is 14.8. The number of hydrogen-bond acceptors (Lipinski definition) is 10. The van der Waals surface area contributed by atoms with Gasteiger partial charge in [0.2, 0.25) is 0 Å². The van der Waals surface area contributed by atoms with Crippen molar-refractivity contribution in [1.82, 2.24) is 9.80 Å². The summed E-state index contributed by atoms with van der Waals surface area (Å²) in [7, 11) is 0. The molecule has 0 spiro atoms. The zero-order chi connectivity index (χ0) is 27.7. The second-order valence-corrected chi connectivity index (χ2v) is 6.08. The summed E-state index contributed by atoms with van der Waals surface area (Å²) in [6.45, 7) is 3.25. The Labute approximate surface area is 200 Å². The minimum absolute atomic E-state index is 0.430. The van der Waals surface area contributed by atoms with Gasteiger partial charge < -0.3 is 18.9 Å². The van der Waals surface area contributed by atoms with Crippen LogP contribution in [0.1, 0.15) is 48.4 Å². The van der Waals surface area contributed by atoms with Crippen molar-refractivity contribution in [2.75, 3.05) is 26.4 Å². The molecule has 6 amide bonds. The highest BCUT2D eigenvalue weighted by molar-refractivity contribution is 6.15. The summed E-state index contributed by atoms with van der Waals surface area (Å²) < 4.78 is 76.9. The third-order valence-electron chi connectivity index (χ3n) is 3.90. The van der Waals surface area contributed by atoms with Gasteiger partial charge in [-0.05, 0) is 27.7 Å². The lowest BCUT2D eigenvalue weighted by atomic mass is 10.1. The summed E-state index contributed by atoms with van der Waals surface area (Å²) in [4.78, 5) is 72.0. The van der Waals surface area contributed by atoms with Crippen LogP contribution in [0.15, 0.2) is 0 Å². The maximum Gasteiger partial charge on any atom is 0.426 e. The summed E-state index contributed by atoms with van der Waals surface area (Å²) in [5, 5.41) is 0. The normalized spacial score (nSPS) is 10.2. The summed E-state index contributed by atoms with van der Waals surface area (Å²) in [5.41, 5.74) is -4.25. The van der Waals surface area contributed by atoms with Crippen molar-refractivity contribution < 1.29 is 65.3 Å². The molecule has 0 aromatic heterocycles. The predicted octanol–water partition coefficient (Wildman–Crippen LogP) is 3.75. The number of benzene rings is 1. The molecular formula is C20H20F4N2O10. The molecule has 36 heavy (non-hydrogen) atoms. The number of ether oxygens (including phenoxy) is 4. The minimum Gasteiger partial charge on any atom is -0.449 e. The molecule has 12 nitrogen and oxygen atoms in total. The number of carbonyl (C=O) groups is 6. The molecule has 0 heterocycles. The van der Waals surface area contributed by atoms with Crippen molar-refractivity contribution in [2.24, 2.45) is 0 Å². The molecule has 198 valence electrons. The van der Waals surface area contributed by atoms with Crippen LogP contribution in [-0.2, 0) is 18.9 Å². The highest BCUT2D eigenvalue weighted by atomic mass is 19.2. The highest BCUT2D eigenvalue weighted by Gasteiger charge is 2.43. The molecule has 0 radical (unpaired) electrons. The van der Waals surface area contributed by atoms with Crippen LogP contribution in [0.3, 0.4) is 0 Å². The fourth-order valence-electron chi connectivity index (χ4n) is 2.46. The van der Waals surface area contributed by atoms with E-state index in [1.54, 1.807) is 0 Å². The zero-order valence-electron chi connectivity index (χ0n) is 19.3. The molecule has 0 fully saturated rings. The van der Waals surface area contributed by atoms with E-state index in [0.29, 0.717) is 0 Å². The topological polar surface area (TPSA) is 146 Å². The predicted molar refractivity (Wildman–Crippen MR) is 107 cm³/mol. The second-order valence-electron chi connectivity index (χ2n) is 6.08. The Morgan fingerprint density at radius 1 is 0.500 bits per heavy atom. The van der Waals surface area contributed by atoms with Crippen LogP contribution in [0.25, 0.3) is 0 Å². The zero-order valence-corrected chi connectivity index (χ0v) is 19.3. The first-order chi connectivity index (χ1) is 16.9. The molecule has 0 saturated heterocycles. The lowest BCUT2D eigenvalue weighted by molar-refractivity contribution is 0.0556. The lowest BCUT2D eigenvalue weighted by Crippen LogP contribution is -2.45. The van der Waals surface area contributed by atoms with Gasteiger partial charge in [-0.15, -0.1) is 9.80 Å². The van der Waals surface area contributed by atoms with Crippen molar-refractivity contribution in [3.05, 3.63) is 34.4 Å². The van der Waals surface area contributed by atoms with Crippen LogP contribution >= 0.6 is 0 Å². The summed E-state index contributed by atoms with van der Waals surface area (Å²) >= 11 is 0. The van der Waals surface area contributed by atoms with Crippen molar-refractivity contribution in [1.29, 1.82) is 0 Å². The van der Waals surface area contributed by atoms with E-state index in [1.165, 1.54) is 27.7 Å². The Bertz CT molecular complexity index is 931. The monoisotopic (exact) mass is 524 g/mol. The molecule has 1 aromatic rings. The third-order valence-corrected chi connectivity index (χ3v) is 3.90. The van der Waals surface area contributed by atoms with E-state index in [1.807, 2.05) is 0 Å². The Kier molecular flexibility index (Phi) is 10.8. The molecule has 16 heteroatoms. The van der Waals surface area contributed by atoms with Gasteiger partial charge in [0.05, 0.1) is 26.4 Å². The Morgan fingerprint density at radius 3 is 0.861 bits per heavy atom. The van der Waals surface area contributed by atoms with Gasteiger partial charge in [0, 0.05) is 0 Å². The highest BCUT2D eigenvalue weighted by Crippen LogP contribution is 2.27. The van der Waals surface area contributed by atoms with Gasteiger partial charge in [0.25, 0.3) is 11.8 Å². The summed E-state index contributed by atoms with van der Waals surface area (Å²) in [6.07, 6.45) is -7.18. The number of nitrogens with zero attached hydrogens (tertiary/aromatic N) is 2. The molecule has 0 bridgehead atoms. The quantitative estimate of drug-likeness (QED) is 0.306. The number of amides is 6. The Morgan fingerprint density at radius 2 is 0.694 bits per heavy atom. The molecule has 0 aliphatic heterocycles. The number of imide groups is 6. The number of halogens is 4. The number of rotatable bonds is 6. The second kappa shape index (κ2) is 13.0. The van der Waals surface area contributed by atoms with Crippen LogP contribution in [0, 0.1) is 23.3 Å². The van der Waals surface area contributed by atoms with Crippen LogP contribution in [0.2, 0.25) is 0 Å². The van der Waals surface area contributed by atoms with Gasteiger partial charge in [-0.1, -0.05) is 0 Å². The van der Waals surface area contributed by atoms with E-state index in [-0.39, 0.29) is 0 Å². The Hall–Kier alpha value is -4.24. The maximum absolute atomic E-state index is 14.8. The number of hydrogen-bond donors (Lipinski definition) is 0. The van der Waals surface area contributed by atoms with Gasteiger partial charge in [-0.3, -0.25) is 9.59 Å². The standard InChI is InChI=1S/C20H20F4N2O10/c1-5-33-17(29)25(18(30)34-6-2)15(27)9-11(21)13(23)10(14(24)12(9)22)16(28)26(19(31)35-7-3)20(32)36-8-4/h5-8H2,1-4H3. The van der Waals surface area contributed by atoms with Crippen molar-refractivity contribution in [3.8, 4) is 0 Å². The van der Waals surface area contributed by atoms with Crippen LogP contribution in [0.5, 0.6) is 0 Å². The van der Waals surface area contributed by atoms with Gasteiger partial charge in [0.1, 0.15) is 11.1 Å². The molecule has 0 atom stereocenters. The smallest absolute Gasteiger partial charge is 0.426 e. The van der Waals surface area contributed by atoms with E-state index in [9.17, 15) is 46.3 Å².